The van der Waals surface area contributed by atoms with Gasteiger partial charge in [-0.1, -0.05) is 0 Å². The highest BCUT2D eigenvalue weighted by Gasteiger charge is 2.38. The molecule has 2 heterocycles. The van der Waals surface area contributed by atoms with E-state index < -0.39 is 11.4 Å². The van der Waals surface area contributed by atoms with Crippen molar-refractivity contribution < 1.29 is 4.79 Å². The van der Waals surface area contributed by atoms with Crippen LogP contribution in [-0.2, 0) is 4.79 Å². The summed E-state index contributed by atoms with van der Waals surface area (Å²) in [5, 5.41) is 0. The summed E-state index contributed by atoms with van der Waals surface area (Å²) in [6, 6.07) is 1.10. The van der Waals surface area contributed by atoms with Gasteiger partial charge in [-0.2, -0.15) is 0 Å². The number of hydrogen-bond acceptors (Lipinski definition) is 4. The predicted octanol–water partition coefficient (Wildman–Crippen LogP) is -0.642. The lowest BCUT2D eigenvalue weighted by Gasteiger charge is -2.44. The molecule has 3 atom stereocenters. The van der Waals surface area contributed by atoms with Gasteiger partial charge in [-0.05, 0) is 33.2 Å². The van der Waals surface area contributed by atoms with Gasteiger partial charge in [0.15, 0.2) is 0 Å². The average Bonchev–Trinajstić information content (AvgIpc) is 2.64. The molecule has 4 N–H and O–H groups in total. The highest BCUT2D eigenvalue weighted by Crippen LogP contribution is 2.25. The quantitative estimate of drug-likeness (QED) is 0.688. The summed E-state index contributed by atoms with van der Waals surface area (Å²) in [6.07, 6.45) is 2.56. The molecule has 0 saturated carbocycles. The van der Waals surface area contributed by atoms with Crippen molar-refractivity contribution in [3.63, 3.8) is 0 Å². The first-order valence-corrected chi connectivity index (χ1v) is 6.47. The number of amides is 1. The van der Waals surface area contributed by atoms with E-state index in [9.17, 15) is 4.79 Å². The fraction of sp³-hybridized carbons (Fsp3) is 0.917. The average molecular weight is 240 g/mol. The summed E-state index contributed by atoms with van der Waals surface area (Å²) in [6.45, 7) is 7.81. The minimum atomic E-state index is -0.922. The number of primary amides is 1. The SMILES string of the molecule is CC1CN2CCCC2CN1CC(C)(N)C(N)=O. The molecule has 5 heteroatoms. The van der Waals surface area contributed by atoms with Crippen LogP contribution in [0.5, 0.6) is 0 Å². The van der Waals surface area contributed by atoms with Crippen molar-refractivity contribution in [1.29, 1.82) is 0 Å². The van der Waals surface area contributed by atoms with Gasteiger partial charge < -0.3 is 11.5 Å². The molecule has 98 valence electrons. The van der Waals surface area contributed by atoms with E-state index in [0.717, 1.165) is 13.1 Å². The first-order chi connectivity index (χ1) is 7.90. The molecule has 17 heavy (non-hydrogen) atoms. The van der Waals surface area contributed by atoms with Gasteiger partial charge >= 0.3 is 0 Å². The Morgan fingerprint density at radius 2 is 2.18 bits per heavy atom. The number of nitrogens with two attached hydrogens (primary N) is 2. The van der Waals surface area contributed by atoms with Crippen LogP contribution in [0, 0.1) is 0 Å². The molecular formula is C12H24N4O. The van der Waals surface area contributed by atoms with Crippen LogP contribution in [0.15, 0.2) is 0 Å². The number of carbonyl (C=O) groups is 1. The van der Waals surface area contributed by atoms with Gasteiger partial charge in [0.1, 0.15) is 5.54 Å². The second-order valence-electron chi connectivity index (χ2n) is 5.85. The van der Waals surface area contributed by atoms with Gasteiger partial charge in [-0.3, -0.25) is 14.6 Å². The van der Waals surface area contributed by atoms with Gasteiger partial charge in [0, 0.05) is 31.7 Å². The number of carbonyl (C=O) groups excluding carboxylic acids is 1. The lowest BCUT2D eigenvalue weighted by atomic mass is 9.99. The van der Waals surface area contributed by atoms with Crippen LogP contribution >= 0.6 is 0 Å². The number of rotatable bonds is 3. The third-order valence-corrected chi connectivity index (χ3v) is 4.16. The van der Waals surface area contributed by atoms with E-state index in [1.807, 2.05) is 0 Å². The molecule has 0 aromatic heterocycles. The zero-order valence-electron chi connectivity index (χ0n) is 10.9. The summed E-state index contributed by atoms with van der Waals surface area (Å²) < 4.78 is 0. The Hall–Kier alpha value is -0.650. The third kappa shape index (κ3) is 2.61. The van der Waals surface area contributed by atoms with Crippen LogP contribution in [0.1, 0.15) is 26.7 Å². The third-order valence-electron chi connectivity index (χ3n) is 4.16. The molecule has 0 bridgehead atoms. The molecule has 2 aliphatic heterocycles. The van der Waals surface area contributed by atoms with Crippen LogP contribution < -0.4 is 11.5 Å². The zero-order valence-corrected chi connectivity index (χ0v) is 10.9. The van der Waals surface area contributed by atoms with E-state index in [4.69, 9.17) is 11.5 Å². The van der Waals surface area contributed by atoms with Gasteiger partial charge in [-0.25, -0.2) is 0 Å². The summed E-state index contributed by atoms with van der Waals surface area (Å²) in [5.41, 5.74) is 10.4. The molecule has 0 aromatic carbocycles. The van der Waals surface area contributed by atoms with E-state index in [1.54, 1.807) is 6.92 Å². The van der Waals surface area contributed by atoms with Crippen LogP contribution in [0.25, 0.3) is 0 Å². The van der Waals surface area contributed by atoms with Gasteiger partial charge in [0.05, 0.1) is 0 Å². The second-order valence-corrected chi connectivity index (χ2v) is 5.85. The molecule has 0 aromatic rings. The topological polar surface area (TPSA) is 75.6 Å². The number of fused-ring (bicyclic) bond motifs is 1. The zero-order chi connectivity index (χ0) is 12.6. The Labute approximate surface area is 103 Å². The van der Waals surface area contributed by atoms with E-state index in [1.165, 1.54) is 19.4 Å². The highest BCUT2D eigenvalue weighted by molar-refractivity contribution is 5.84. The van der Waals surface area contributed by atoms with E-state index >= 15 is 0 Å². The maximum absolute atomic E-state index is 11.3. The molecule has 2 aliphatic rings. The van der Waals surface area contributed by atoms with Crippen LogP contribution in [0.4, 0.5) is 0 Å². The molecule has 0 aliphatic carbocycles. The summed E-state index contributed by atoms with van der Waals surface area (Å²) in [4.78, 5) is 16.2. The predicted molar refractivity (Wildman–Crippen MR) is 67.4 cm³/mol. The van der Waals surface area contributed by atoms with Crippen molar-refractivity contribution in [3.05, 3.63) is 0 Å². The van der Waals surface area contributed by atoms with E-state index in [2.05, 4.69) is 16.7 Å². The normalized spacial score (nSPS) is 34.3. The van der Waals surface area contributed by atoms with Gasteiger partial charge in [0.25, 0.3) is 0 Å². The number of piperazine rings is 1. The van der Waals surface area contributed by atoms with Crippen molar-refractivity contribution in [3.8, 4) is 0 Å². The Balaban J connectivity index is 1.99. The standard InChI is InChI=1S/C12H24N4O/c1-9-6-15-5-3-4-10(15)7-16(9)8-12(2,14)11(13)17/h9-10H,3-8,14H2,1-2H3,(H2,13,17). The minimum absolute atomic E-state index is 0.418. The molecule has 2 saturated heterocycles. The molecule has 1 amide bonds. The smallest absolute Gasteiger partial charge is 0.238 e. The Morgan fingerprint density at radius 3 is 2.82 bits per heavy atom. The van der Waals surface area contributed by atoms with Crippen LogP contribution in [0.2, 0.25) is 0 Å². The van der Waals surface area contributed by atoms with Crippen LogP contribution in [0.3, 0.4) is 0 Å². The minimum Gasteiger partial charge on any atom is -0.368 e. The molecule has 0 radical (unpaired) electrons. The molecule has 3 unspecified atom stereocenters. The monoisotopic (exact) mass is 240 g/mol. The Bertz CT molecular complexity index is 305. The maximum atomic E-state index is 11.3. The Kier molecular flexibility index (Phi) is 3.43. The van der Waals surface area contributed by atoms with E-state index in [0.29, 0.717) is 18.6 Å². The molecular weight excluding hydrogens is 216 g/mol. The van der Waals surface area contributed by atoms with Crippen molar-refractivity contribution in [2.45, 2.75) is 44.3 Å². The molecule has 5 nitrogen and oxygen atoms in total. The molecule has 0 spiro atoms. The number of nitrogens with zero attached hydrogens (tertiary/aromatic N) is 2. The van der Waals surface area contributed by atoms with Crippen molar-refractivity contribution in [1.82, 2.24) is 9.80 Å². The van der Waals surface area contributed by atoms with Crippen molar-refractivity contribution in [2.75, 3.05) is 26.2 Å². The molecule has 2 fully saturated rings. The summed E-state index contributed by atoms with van der Waals surface area (Å²) in [7, 11) is 0. The lowest BCUT2D eigenvalue weighted by Crippen LogP contribution is -2.63. The highest BCUT2D eigenvalue weighted by atomic mass is 16.1. The second kappa shape index (κ2) is 4.55. The largest absolute Gasteiger partial charge is 0.368 e. The van der Waals surface area contributed by atoms with Gasteiger partial charge in [-0.15, -0.1) is 0 Å². The molecule has 2 rings (SSSR count). The number of hydrogen-bond donors (Lipinski definition) is 2. The fourth-order valence-electron chi connectivity index (χ4n) is 2.97. The Morgan fingerprint density at radius 1 is 1.47 bits per heavy atom. The summed E-state index contributed by atoms with van der Waals surface area (Å²) in [5.74, 6) is -0.418. The fourth-order valence-corrected chi connectivity index (χ4v) is 2.97. The first-order valence-electron chi connectivity index (χ1n) is 6.47. The van der Waals surface area contributed by atoms with Crippen molar-refractivity contribution in [2.24, 2.45) is 11.5 Å². The maximum Gasteiger partial charge on any atom is 0.238 e. The summed E-state index contributed by atoms with van der Waals surface area (Å²) >= 11 is 0. The van der Waals surface area contributed by atoms with Gasteiger partial charge in [0.2, 0.25) is 5.91 Å². The lowest BCUT2D eigenvalue weighted by molar-refractivity contribution is -0.123. The van der Waals surface area contributed by atoms with E-state index in [-0.39, 0.29) is 0 Å². The van der Waals surface area contributed by atoms with Crippen LogP contribution in [-0.4, -0.2) is 59.5 Å². The first kappa shape index (κ1) is 12.8. The van der Waals surface area contributed by atoms with Crippen molar-refractivity contribution >= 4 is 5.91 Å².